The molecular formula is C23H21N3O8S. The number of nitro groups is 1. The number of hydrogen-bond donors (Lipinski definition) is 2. The highest BCUT2D eigenvalue weighted by Crippen LogP contribution is 2.28. The second-order valence-electron chi connectivity index (χ2n) is 7.18. The Kier molecular flexibility index (Phi) is 7.66. The number of anilines is 2. The zero-order valence-electron chi connectivity index (χ0n) is 18.7. The number of rotatable bonds is 9. The highest BCUT2D eigenvalue weighted by Gasteiger charge is 2.21. The molecule has 0 fully saturated rings. The van der Waals surface area contributed by atoms with Crippen molar-refractivity contribution in [1.82, 2.24) is 0 Å². The van der Waals surface area contributed by atoms with E-state index < -0.39 is 33.4 Å². The lowest BCUT2D eigenvalue weighted by Crippen LogP contribution is -2.22. The molecule has 35 heavy (non-hydrogen) atoms. The second kappa shape index (κ2) is 10.7. The standard InChI is InChI=1S/C23H21N3O8S/c1-15-7-5-11-19(26(29)30)22(15)24-21(27)14-34-23(28)16-8-6-9-17(13-16)35(31,32)25-18-10-3-4-12-20(18)33-2/h3-13,25H,14H2,1-2H3,(H,24,27). The number of carbonyl (C=O) groups is 2. The van der Waals surface area contributed by atoms with Gasteiger partial charge in [0.25, 0.3) is 21.6 Å². The van der Waals surface area contributed by atoms with Crippen LogP contribution in [0.3, 0.4) is 0 Å². The van der Waals surface area contributed by atoms with Gasteiger partial charge in [0.2, 0.25) is 0 Å². The van der Waals surface area contributed by atoms with E-state index in [0.29, 0.717) is 11.3 Å². The topological polar surface area (TPSA) is 154 Å². The number of sulfonamides is 1. The average Bonchev–Trinajstić information content (AvgIpc) is 2.83. The summed E-state index contributed by atoms with van der Waals surface area (Å²) in [6, 6.07) is 15.8. The molecule has 0 unspecified atom stereocenters. The minimum Gasteiger partial charge on any atom is -0.495 e. The van der Waals surface area contributed by atoms with Crippen molar-refractivity contribution in [3.8, 4) is 5.75 Å². The molecule has 0 aliphatic carbocycles. The summed E-state index contributed by atoms with van der Waals surface area (Å²) in [6.45, 7) is 0.848. The van der Waals surface area contributed by atoms with E-state index >= 15 is 0 Å². The summed E-state index contributed by atoms with van der Waals surface area (Å²) < 4.78 is 38.1. The number of nitrogens with one attached hydrogen (secondary N) is 2. The van der Waals surface area contributed by atoms with Crippen molar-refractivity contribution >= 4 is 39.0 Å². The van der Waals surface area contributed by atoms with Crippen molar-refractivity contribution in [1.29, 1.82) is 0 Å². The monoisotopic (exact) mass is 499 g/mol. The number of hydrogen-bond acceptors (Lipinski definition) is 8. The number of nitrogens with zero attached hydrogens (tertiary/aromatic N) is 1. The van der Waals surface area contributed by atoms with Gasteiger partial charge in [0.1, 0.15) is 11.4 Å². The first-order valence-corrected chi connectivity index (χ1v) is 11.6. The third-order valence-corrected chi connectivity index (χ3v) is 6.14. The fraction of sp³-hybridized carbons (Fsp3) is 0.130. The largest absolute Gasteiger partial charge is 0.495 e. The van der Waals surface area contributed by atoms with Gasteiger partial charge in [-0.15, -0.1) is 0 Å². The smallest absolute Gasteiger partial charge is 0.338 e. The Morgan fingerprint density at radius 1 is 1.03 bits per heavy atom. The Hall–Kier alpha value is -4.45. The van der Waals surface area contributed by atoms with Crippen molar-refractivity contribution in [3.63, 3.8) is 0 Å². The van der Waals surface area contributed by atoms with Gasteiger partial charge < -0.3 is 14.8 Å². The lowest BCUT2D eigenvalue weighted by Gasteiger charge is -2.12. The van der Waals surface area contributed by atoms with Crippen molar-refractivity contribution in [2.24, 2.45) is 0 Å². The minimum atomic E-state index is -4.07. The molecule has 0 heterocycles. The van der Waals surface area contributed by atoms with Crippen LogP contribution >= 0.6 is 0 Å². The molecule has 0 spiro atoms. The van der Waals surface area contributed by atoms with Crippen molar-refractivity contribution < 1.29 is 32.4 Å². The first kappa shape index (κ1) is 25.2. The molecule has 0 aliphatic heterocycles. The molecule has 12 heteroatoms. The molecule has 0 aromatic heterocycles. The van der Waals surface area contributed by atoms with Crippen molar-refractivity contribution in [3.05, 3.63) is 88.0 Å². The lowest BCUT2D eigenvalue weighted by atomic mass is 10.1. The van der Waals surface area contributed by atoms with E-state index in [0.717, 1.165) is 6.07 Å². The molecular weight excluding hydrogens is 478 g/mol. The maximum atomic E-state index is 12.8. The van der Waals surface area contributed by atoms with E-state index in [2.05, 4.69) is 10.0 Å². The van der Waals surface area contributed by atoms with Crippen molar-refractivity contribution in [2.45, 2.75) is 11.8 Å². The molecule has 1 amide bonds. The Morgan fingerprint density at radius 3 is 2.46 bits per heavy atom. The molecule has 0 atom stereocenters. The summed E-state index contributed by atoms with van der Waals surface area (Å²) in [5, 5.41) is 13.5. The van der Waals surface area contributed by atoms with Crippen LogP contribution in [0.15, 0.2) is 71.6 Å². The Morgan fingerprint density at radius 2 is 1.74 bits per heavy atom. The molecule has 0 aliphatic rings. The van der Waals surface area contributed by atoms with Gasteiger partial charge in [-0.3, -0.25) is 19.6 Å². The molecule has 0 saturated carbocycles. The predicted octanol–water partition coefficient (Wildman–Crippen LogP) is 3.51. The molecule has 3 aromatic carbocycles. The summed E-state index contributed by atoms with van der Waals surface area (Å²) in [5.41, 5.74) is 0.256. The van der Waals surface area contributed by atoms with E-state index in [-0.39, 0.29) is 27.5 Å². The fourth-order valence-corrected chi connectivity index (χ4v) is 4.20. The van der Waals surface area contributed by atoms with Crippen LogP contribution < -0.4 is 14.8 Å². The van der Waals surface area contributed by atoms with Crippen molar-refractivity contribution in [2.75, 3.05) is 23.8 Å². The number of methoxy groups -OCH3 is 1. The number of aryl methyl sites for hydroxylation is 1. The number of para-hydroxylation sites is 3. The number of esters is 1. The Balaban J connectivity index is 1.69. The third-order valence-electron chi connectivity index (χ3n) is 4.78. The maximum Gasteiger partial charge on any atom is 0.338 e. The highest BCUT2D eigenvalue weighted by molar-refractivity contribution is 7.92. The van der Waals surface area contributed by atoms with Crippen LogP contribution in [0.1, 0.15) is 15.9 Å². The van der Waals surface area contributed by atoms with E-state index in [9.17, 15) is 28.1 Å². The lowest BCUT2D eigenvalue weighted by molar-refractivity contribution is -0.384. The summed E-state index contributed by atoms with van der Waals surface area (Å²) in [7, 11) is -2.67. The van der Waals surface area contributed by atoms with E-state index in [4.69, 9.17) is 9.47 Å². The van der Waals surface area contributed by atoms with Crippen LogP contribution in [0.5, 0.6) is 5.75 Å². The molecule has 182 valence electrons. The van der Waals surface area contributed by atoms with Gasteiger partial charge in [0, 0.05) is 6.07 Å². The molecule has 0 saturated heterocycles. The van der Waals surface area contributed by atoms with Gasteiger partial charge in [-0.05, 0) is 42.8 Å². The SMILES string of the molecule is COc1ccccc1NS(=O)(=O)c1cccc(C(=O)OCC(=O)Nc2c(C)cccc2[N+](=O)[O-])c1. The third kappa shape index (κ3) is 6.12. The minimum absolute atomic E-state index is 0.00551. The quantitative estimate of drug-likeness (QED) is 0.258. The van der Waals surface area contributed by atoms with E-state index in [1.807, 2.05) is 0 Å². The van der Waals surface area contributed by atoms with Crippen LogP contribution in [0.25, 0.3) is 0 Å². The Bertz CT molecular complexity index is 1390. The summed E-state index contributed by atoms with van der Waals surface area (Å²) in [6.07, 6.45) is 0. The predicted molar refractivity (Wildman–Crippen MR) is 127 cm³/mol. The van der Waals surface area contributed by atoms with E-state index in [1.54, 1.807) is 31.2 Å². The molecule has 2 N–H and O–H groups in total. The Labute approximate surface area is 200 Å². The summed E-state index contributed by atoms with van der Waals surface area (Å²) in [4.78, 5) is 35.0. The normalized spacial score (nSPS) is 10.8. The average molecular weight is 500 g/mol. The highest BCUT2D eigenvalue weighted by atomic mass is 32.2. The van der Waals surface area contributed by atoms with Crippen LogP contribution in [-0.4, -0.2) is 38.9 Å². The number of carbonyl (C=O) groups excluding carboxylic acids is 2. The maximum absolute atomic E-state index is 12.8. The van der Waals surface area contributed by atoms with Crippen LogP contribution in [0.2, 0.25) is 0 Å². The molecule has 3 aromatic rings. The number of benzene rings is 3. The van der Waals surface area contributed by atoms with Gasteiger partial charge in [-0.1, -0.05) is 30.3 Å². The summed E-state index contributed by atoms with van der Waals surface area (Å²) in [5.74, 6) is -1.43. The van der Waals surface area contributed by atoms with Gasteiger partial charge >= 0.3 is 5.97 Å². The van der Waals surface area contributed by atoms with Gasteiger partial charge in [-0.2, -0.15) is 0 Å². The molecule has 11 nitrogen and oxygen atoms in total. The number of ether oxygens (including phenoxy) is 2. The zero-order chi connectivity index (χ0) is 25.6. The van der Waals surface area contributed by atoms with Crippen LogP contribution in [-0.2, 0) is 19.6 Å². The first-order valence-electron chi connectivity index (χ1n) is 10.1. The second-order valence-corrected chi connectivity index (χ2v) is 8.87. The molecule has 0 radical (unpaired) electrons. The van der Waals surface area contributed by atoms with Gasteiger partial charge in [-0.25, -0.2) is 13.2 Å². The number of nitro benzene ring substituents is 1. The van der Waals surface area contributed by atoms with Gasteiger partial charge in [0.15, 0.2) is 6.61 Å². The molecule has 3 rings (SSSR count). The first-order chi connectivity index (χ1) is 16.6. The van der Waals surface area contributed by atoms with Gasteiger partial charge in [0.05, 0.1) is 28.2 Å². The fourth-order valence-electron chi connectivity index (χ4n) is 3.08. The van der Waals surface area contributed by atoms with Crippen LogP contribution in [0.4, 0.5) is 17.1 Å². The zero-order valence-corrected chi connectivity index (χ0v) is 19.5. The summed E-state index contributed by atoms with van der Waals surface area (Å²) >= 11 is 0. The van der Waals surface area contributed by atoms with E-state index in [1.165, 1.54) is 43.5 Å². The number of amides is 1. The molecule has 0 bridgehead atoms. The van der Waals surface area contributed by atoms with Crippen LogP contribution in [0, 0.1) is 17.0 Å².